The van der Waals surface area contributed by atoms with Crippen molar-refractivity contribution in [3.05, 3.63) is 35.9 Å². The van der Waals surface area contributed by atoms with Crippen molar-refractivity contribution in [2.24, 2.45) is 5.92 Å². The Morgan fingerprint density at radius 3 is 2.75 bits per heavy atom. The van der Waals surface area contributed by atoms with Gasteiger partial charge in [0, 0.05) is 12.5 Å². The minimum atomic E-state index is -1.51. The van der Waals surface area contributed by atoms with Crippen molar-refractivity contribution >= 4 is 5.97 Å². The normalized spacial score (nSPS) is 27.5. The lowest BCUT2D eigenvalue weighted by Crippen LogP contribution is -2.19. The maximum Gasteiger partial charge on any atom is 0.338 e. The van der Waals surface area contributed by atoms with Gasteiger partial charge in [-0.2, -0.15) is 0 Å². The molecule has 1 aliphatic carbocycles. The quantitative estimate of drug-likeness (QED) is 0.789. The van der Waals surface area contributed by atoms with Crippen LogP contribution in [-0.2, 0) is 4.74 Å². The van der Waals surface area contributed by atoms with Gasteiger partial charge in [-0.25, -0.2) is 9.18 Å². The summed E-state index contributed by atoms with van der Waals surface area (Å²) in [5.41, 5.74) is -1.11. The fraction of sp³-hybridized carbons (Fsp3) is 0.417. The van der Waals surface area contributed by atoms with Crippen LogP contribution in [0.4, 0.5) is 4.39 Å². The van der Waals surface area contributed by atoms with Gasteiger partial charge >= 0.3 is 5.97 Å². The summed E-state index contributed by atoms with van der Waals surface area (Å²) in [7, 11) is 0. The summed E-state index contributed by atoms with van der Waals surface area (Å²) in [6, 6.07) is 8.45. The molecule has 0 radical (unpaired) electrons. The van der Waals surface area contributed by atoms with Crippen LogP contribution in [0.5, 0.6) is 0 Å². The van der Waals surface area contributed by atoms with Crippen LogP contribution in [0.15, 0.2) is 30.3 Å². The standard InChI is InChI=1S/C12H13FO3/c13-12(6-10(12)7-14)8-16-11(15)9-4-2-1-3-5-9/h1-5,10,14H,6-8H2/t10-,12+/m0/s1. The van der Waals surface area contributed by atoms with E-state index < -0.39 is 11.6 Å². The van der Waals surface area contributed by atoms with Crippen LogP contribution >= 0.6 is 0 Å². The summed E-state index contributed by atoms with van der Waals surface area (Å²) in [6.45, 7) is -0.467. The zero-order chi connectivity index (χ0) is 11.6. The van der Waals surface area contributed by atoms with Crippen LogP contribution in [0.1, 0.15) is 16.8 Å². The summed E-state index contributed by atoms with van der Waals surface area (Å²) < 4.78 is 18.5. The molecule has 0 amide bonds. The molecule has 0 unspecified atom stereocenters. The van der Waals surface area contributed by atoms with Crippen molar-refractivity contribution in [1.82, 2.24) is 0 Å². The molecular formula is C12H13FO3. The van der Waals surface area contributed by atoms with Crippen LogP contribution in [-0.4, -0.2) is 30.0 Å². The Balaban J connectivity index is 1.86. The fourth-order valence-corrected chi connectivity index (χ4v) is 1.60. The molecule has 1 aromatic carbocycles. The average Bonchev–Trinajstić information content (AvgIpc) is 2.99. The molecule has 2 rings (SSSR count). The molecule has 1 N–H and O–H groups in total. The Labute approximate surface area is 92.9 Å². The number of carbonyl (C=O) groups is 1. The Bertz CT molecular complexity index is 379. The Kier molecular flexibility index (Phi) is 2.92. The lowest BCUT2D eigenvalue weighted by molar-refractivity contribution is 0.0327. The van der Waals surface area contributed by atoms with Gasteiger partial charge in [0.1, 0.15) is 6.61 Å². The van der Waals surface area contributed by atoms with Crippen LogP contribution in [0, 0.1) is 5.92 Å². The minimum absolute atomic E-state index is 0.195. The predicted octanol–water partition coefficient (Wildman–Crippen LogP) is 1.56. The SMILES string of the molecule is O=C(OC[C@]1(F)C[C@H]1CO)c1ccccc1. The molecule has 1 saturated carbocycles. The molecule has 0 saturated heterocycles. The van der Waals surface area contributed by atoms with Gasteiger partial charge < -0.3 is 9.84 Å². The smallest absolute Gasteiger partial charge is 0.338 e. The monoisotopic (exact) mass is 224 g/mol. The molecule has 0 aliphatic heterocycles. The fourth-order valence-electron chi connectivity index (χ4n) is 1.60. The van der Waals surface area contributed by atoms with Gasteiger partial charge in [0.2, 0.25) is 0 Å². The molecule has 0 spiro atoms. The number of benzene rings is 1. The highest BCUT2D eigenvalue weighted by Crippen LogP contribution is 2.47. The number of hydrogen-bond acceptors (Lipinski definition) is 3. The molecule has 0 aromatic heterocycles. The van der Waals surface area contributed by atoms with Crippen molar-refractivity contribution in [2.45, 2.75) is 12.1 Å². The van der Waals surface area contributed by atoms with Gasteiger partial charge in [-0.15, -0.1) is 0 Å². The zero-order valence-electron chi connectivity index (χ0n) is 8.73. The first-order chi connectivity index (χ1) is 7.65. The van der Waals surface area contributed by atoms with Crippen molar-refractivity contribution in [2.75, 3.05) is 13.2 Å². The first-order valence-corrected chi connectivity index (χ1v) is 5.18. The van der Waals surface area contributed by atoms with Crippen molar-refractivity contribution in [3.63, 3.8) is 0 Å². The molecule has 4 heteroatoms. The Hall–Kier alpha value is -1.42. The molecule has 2 atom stereocenters. The summed E-state index contributed by atoms with van der Waals surface area (Å²) in [5, 5.41) is 8.74. The second kappa shape index (κ2) is 4.22. The number of aliphatic hydroxyl groups is 1. The van der Waals surface area contributed by atoms with E-state index in [0.717, 1.165) is 0 Å². The summed E-state index contributed by atoms with van der Waals surface area (Å²) in [5.74, 6) is -0.905. The van der Waals surface area contributed by atoms with Gasteiger partial charge in [0.15, 0.2) is 5.67 Å². The number of esters is 1. The van der Waals surface area contributed by atoms with E-state index in [-0.39, 0.29) is 25.6 Å². The molecule has 3 nitrogen and oxygen atoms in total. The number of halogens is 1. The maximum atomic E-state index is 13.6. The summed E-state index contributed by atoms with van der Waals surface area (Å²) >= 11 is 0. The molecule has 1 aromatic rings. The third-order valence-corrected chi connectivity index (χ3v) is 2.83. The van der Waals surface area contributed by atoms with Crippen LogP contribution < -0.4 is 0 Å². The molecule has 1 aliphatic rings. The molecular weight excluding hydrogens is 211 g/mol. The Morgan fingerprint density at radius 2 is 2.19 bits per heavy atom. The largest absolute Gasteiger partial charge is 0.459 e. The molecule has 0 heterocycles. The van der Waals surface area contributed by atoms with Crippen LogP contribution in [0.2, 0.25) is 0 Å². The van der Waals surface area contributed by atoms with Crippen molar-refractivity contribution < 1.29 is 19.0 Å². The summed E-state index contributed by atoms with van der Waals surface area (Å²) in [6.07, 6.45) is 0.269. The second-order valence-electron chi connectivity index (χ2n) is 4.06. The van der Waals surface area contributed by atoms with Gasteiger partial charge in [0.25, 0.3) is 0 Å². The highest BCUT2D eigenvalue weighted by Gasteiger charge is 2.56. The van der Waals surface area contributed by atoms with E-state index in [9.17, 15) is 9.18 Å². The molecule has 0 bridgehead atoms. The molecule has 16 heavy (non-hydrogen) atoms. The topological polar surface area (TPSA) is 46.5 Å². The van der Waals surface area contributed by atoms with E-state index in [2.05, 4.69) is 0 Å². The number of carbonyl (C=O) groups excluding carboxylic acids is 1. The lowest BCUT2D eigenvalue weighted by Gasteiger charge is -2.08. The number of aliphatic hydroxyl groups excluding tert-OH is 1. The van der Waals surface area contributed by atoms with Gasteiger partial charge in [-0.3, -0.25) is 0 Å². The minimum Gasteiger partial charge on any atom is -0.459 e. The maximum absolute atomic E-state index is 13.6. The number of hydrogen-bond donors (Lipinski definition) is 1. The third kappa shape index (κ3) is 2.22. The van der Waals surface area contributed by atoms with Crippen molar-refractivity contribution in [3.8, 4) is 0 Å². The number of alkyl halides is 1. The first-order valence-electron chi connectivity index (χ1n) is 5.18. The molecule has 1 fully saturated rings. The Morgan fingerprint density at radius 1 is 1.50 bits per heavy atom. The highest BCUT2D eigenvalue weighted by atomic mass is 19.1. The van der Waals surface area contributed by atoms with Crippen LogP contribution in [0.3, 0.4) is 0 Å². The van der Waals surface area contributed by atoms with Crippen molar-refractivity contribution in [1.29, 1.82) is 0 Å². The van der Waals surface area contributed by atoms with Crippen LogP contribution in [0.25, 0.3) is 0 Å². The van der Waals surface area contributed by atoms with E-state index in [1.54, 1.807) is 30.3 Å². The lowest BCUT2D eigenvalue weighted by atomic mass is 10.2. The van der Waals surface area contributed by atoms with Gasteiger partial charge in [0.05, 0.1) is 5.56 Å². The van der Waals surface area contributed by atoms with E-state index in [0.29, 0.717) is 5.56 Å². The number of rotatable bonds is 4. The van der Waals surface area contributed by atoms with Gasteiger partial charge in [-0.1, -0.05) is 18.2 Å². The van der Waals surface area contributed by atoms with Gasteiger partial charge in [-0.05, 0) is 18.6 Å². The molecule has 86 valence electrons. The third-order valence-electron chi connectivity index (χ3n) is 2.83. The average molecular weight is 224 g/mol. The van der Waals surface area contributed by atoms with E-state index in [1.807, 2.05) is 0 Å². The van der Waals surface area contributed by atoms with E-state index in [4.69, 9.17) is 9.84 Å². The predicted molar refractivity (Wildman–Crippen MR) is 55.8 cm³/mol. The van der Waals surface area contributed by atoms with E-state index in [1.165, 1.54) is 0 Å². The number of ether oxygens (including phenoxy) is 1. The summed E-state index contributed by atoms with van der Waals surface area (Å²) in [4.78, 5) is 11.5. The zero-order valence-corrected chi connectivity index (χ0v) is 8.73. The second-order valence-corrected chi connectivity index (χ2v) is 4.06. The van der Waals surface area contributed by atoms with E-state index >= 15 is 0 Å². The highest BCUT2D eigenvalue weighted by molar-refractivity contribution is 5.89. The first kappa shape index (κ1) is 11.1.